The molecule has 1 N–H and O–H groups in total. The van der Waals surface area contributed by atoms with Gasteiger partial charge in [0.05, 0.1) is 15.1 Å². The summed E-state index contributed by atoms with van der Waals surface area (Å²) in [5.74, 6) is 0. The summed E-state index contributed by atoms with van der Waals surface area (Å²) in [4.78, 5) is 12.3. The fourth-order valence-electron chi connectivity index (χ4n) is 2.60. The van der Waals surface area contributed by atoms with E-state index in [0.29, 0.717) is 15.3 Å². The van der Waals surface area contributed by atoms with Crippen LogP contribution in [-0.2, 0) is 13.0 Å². The number of rotatable bonds is 7. The fourth-order valence-corrected chi connectivity index (χ4v) is 4.56. The lowest BCUT2D eigenvalue weighted by molar-refractivity contribution is -0.694. The van der Waals surface area contributed by atoms with Crippen molar-refractivity contribution in [2.24, 2.45) is 0 Å². The molecule has 0 aliphatic carbocycles. The number of halogens is 3. The van der Waals surface area contributed by atoms with E-state index in [1.807, 2.05) is 49.1 Å². The number of nitrogens with zero attached hydrogens (tertiary/aromatic N) is 2. The first-order chi connectivity index (χ1) is 13.8. The van der Waals surface area contributed by atoms with E-state index in [2.05, 4.69) is 21.7 Å². The molecule has 29 heavy (non-hydrogen) atoms. The van der Waals surface area contributed by atoms with Gasteiger partial charge in [0, 0.05) is 15.2 Å². The van der Waals surface area contributed by atoms with Gasteiger partial charge in [-0.2, -0.15) is 0 Å². The van der Waals surface area contributed by atoms with Gasteiger partial charge >= 0.3 is 0 Å². The van der Waals surface area contributed by atoms with Crippen molar-refractivity contribution in [1.82, 2.24) is 4.98 Å². The number of imidazole rings is 1. The quantitative estimate of drug-likeness (QED) is 0.202. The van der Waals surface area contributed by atoms with Crippen LogP contribution in [0.2, 0.25) is 15.1 Å². The molecule has 0 amide bonds. The average molecular weight is 475 g/mol. The minimum absolute atomic E-state index is 0.342. The van der Waals surface area contributed by atoms with E-state index < -0.39 is 5.09 Å². The summed E-state index contributed by atoms with van der Waals surface area (Å²) >= 11 is 20.4. The Balaban J connectivity index is 0.000000687. The fraction of sp³-hybridized carbons (Fsp3) is 0.211. The zero-order valence-electron chi connectivity index (χ0n) is 15.1. The third-order valence-corrected chi connectivity index (χ3v) is 6.39. The van der Waals surface area contributed by atoms with Gasteiger partial charge in [0.1, 0.15) is 18.9 Å². The van der Waals surface area contributed by atoms with Gasteiger partial charge in [-0.15, -0.1) is 11.8 Å². The average Bonchev–Trinajstić information content (AvgIpc) is 3.16. The Morgan fingerprint density at radius 2 is 1.69 bits per heavy atom. The Morgan fingerprint density at radius 1 is 1.07 bits per heavy atom. The van der Waals surface area contributed by atoms with Gasteiger partial charge < -0.3 is 15.3 Å². The normalized spacial score (nSPS) is 11.4. The molecule has 1 heterocycles. The number of aromatic nitrogens is 2. The van der Waals surface area contributed by atoms with Crippen LogP contribution >= 0.6 is 46.6 Å². The molecule has 1 unspecified atom stereocenters. The Bertz CT molecular complexity index is 885. The smallest absolute Gasteiger partial charge is 0.241 e. The van der Waals surface area contributed by atoms with Crippen molar-refractivity contribution in [1.29, 1.82) is 0 Å². The zero-order chi connectivity index (χ0) is 21.2. The second-order valence-electron chi connectivity index (χ2n) is 5.99. The standard InChI is InChI=1S/C19H17Cl3N2S.NO3/c20-15-7-4-14(5-8-15)6-9-16(12-24-11-10-23-13-24)25-19-17(21)2-1-3-18(19)22;2-1(3)4/h1-5,7-8,10-11,13,16H,6,9,12H2;/q;-1/p+1. The van der Waals surface area contributed by atoms with Gasteiger partial charge in [0.2, 0.25) is 6.33 Å². The van der Waals surface area contributed by atoms with Crippen LogP contribution in [-0.4, -0.2) is 15.3 Å². The van der Waals surface area contributed by atoms with Gasteiger partial charge in [0.25, 0.3) is 0 Å². The molecule has 10 heteroatoms. The number of thioether (sulfide) groups is 1. The van der Waals surface area contributed by atoms with E-state index in [1.165, 1.54) is 5.56 Å². The molecular weight excluding hydrogens is 457 g/mol. The molecule has 0 spiro atoms. The molecule has 0 saturated heterocycles. The van der Waals surface area contributed by atoms with Gasteiger partial charge in [-0.3, -0.25) is 4.98 Å². The maximum absolute atomic E-state index is 8.25. The van der Waals surface area contributed by atoms with Crippen LogP contribution < -0.4 is 4.57 Å². The predicted octanol–water partition coefficient (Wildman–Crippen LogP) is 5.82. The molecule has 3 aromatic rings. The van der Waals surface area contributed by atoms with E-state index in [-0.39, 0.29) is 0 Å². The molecule has 3 rings (SSSR count). The highest BCUT2D eigenvalue weighted by Crippen LogP contribution is 2.37. The van der Waals surface area contributed by atoms with Crippen LogP contribution in [0.4, 0.5) is 0 Å². The summed E-state index contributed by atoms with van der Waals surface area (Å²) in [5, 5.41) is 17.3. The van der Waals surface area contributed by atoms with Crippen molar-refractivity contribution in [3.63, 3.8) is 0 Å². The lowest BCUT2D eigenvalue weighted by Gasteiger charge is -2.16. The number of hydrogen-bond acceptors (Lipinski definition) is 4. The first kappa shape index (κ1) is 23.3. The molecule has 0 aliphatic heterocycles. The Hall–Kier alpha value is -1.93. The third-order valence-electron chi connectivity index (χ3n) is 3.89. The number of H-pyrrole nitrogens is 1. The van der Waals surface area contributed by atoms with Crippen molar-refractivity contribution in [2.75, 3.05) is 0 Å². The summed E-state index contributed by atoms with van der Waals surface area (Å²) in [5.41, 5.74) is 1.28. The molecule has 0 aliphatic rings. The Labute approximate surface area is 187 Å². The van der Waals surface area contributed by atoms with Crippen LogP contribution in [0.3, 0.4) is 0 Å². The highest BCUT2D eigenvalue weighted by molar-refractivity contribution is 8.00. The van der Waals surface area contributed by atoms with Crippen LogP contribution in [0.25, 0.3) is 0 Å². The largest absolute Gasteiger partial charge is 0.356 e. The number of benzene rings is 2. The molecule has 2 aromatic carbocycles. The van der Waals surface area contributed by atoms with Crippen molar-refractivity contribution < 1.29 is 9.65 Å². The van der Waals surface area contributed by atoms with E-state index in [4.69, 9.17) is 50.1 Å². The number of aryl methyl sites for hydroxylation is 1. The topological polar surface area (TPSA) is 85.9 Å². The van der Waals surface area contributed by atoms with Gasteiger partial charge in [-0.05, 0) is 42.7 Å². The number of hydrogen-bond donors (Lipinski definition) is 1. The van der Waals surface area contributed by atoms with E-state index in [0.717, 1.165) is 29.3 Å². The molecule has 0 saturated carbocycles. The van der Waals surface area contributed by atoms with Gasteiger partial charge in [-0.1, -0.05) is 53.0 Å². The maximum Gasteiger partial charge on any atom is 0.241 e. The van der Waals surface area contributed by atoms with Crippen molar-refractivity contribution in [3.8, 4) is 0 Å². The predicted molar refractivity (Wildman–Crippen MR) is 117 cm³/mol. The highest BCUT2D eigenvalue weighted by atomic mass is 35.5. The zero-order valence-corrected chi connectivity index (χ0v) is 18.2. The minimum Gasteiger partial charge on any atom is -0.356 e. The van der Waals surface area contributed by atoms with Crippen LogP contribution in [0.1, 0.15) is 12.0 Å². The van der Waals surface area contributed by atoms with Crippen LogP contribution in [0.15, 0.2) is 66.1 Å². The summed E-state index contributed by atoms with van der Waals surface area (Å²) in [6.07, 6.45) is 7.89. The maximum atomic E-state index is 8.25. The van der Waals surface area contributed by atoms with E-state index >= 15 is 0 Å². The molecule has 154 valence electrons. The van der Waals surface area contributed by atoms with Crippen molar-refractivity contribution in [3.05, 3.63) is 97.1 Å². The van der Waals surface area contributed by atoms with E-state index in [1.54, 1.807) is 11.8 Å². The SMILES string of the molecule is Clc1ccc(CCC(C[n+]2cc[nH]c2)Sc2c(Cl)cccc2Cl)cc1.O=[N+]([O-])[O-]. The van der Waals surface area contributed by atoms with Crippen LogP contribution in [0, 0.1) is 15.3 Å². The Morgan fingerprint density at radius 3 is 2.24 bits per heavy atom. The molecule has 0 bridgehead atoms. The van der Waals surface area contributed by atoms with Gasteiger partial charge in [-0.25, -0.2) is 4.57 Å². The number of nitrogens with one attached hydrogen (secondary N) is 1. The van der Waals surface area contributed by atoms with Crippen molar-refractivity contribution >= 4 is 46.6 Å². The first-order valence-corrected chi connectivity index (χ1v) is 10.5. The lowest BCUT2D eigenvalue weighted by atomic mass is 10.1. The monoisotopic (exact) mass is 473 g/mol. The second-order valence-corrected chi connectivity index (χ2v) is 8.55. The molecular formula is C19H18Cl3N3O3S. The number of aromatic amines is 1. The van der Waals surface area contributed by atoms with Crippen molar-refractivity contribution in [2.45, 2.75) is 29.5 Å². The molecule has 1 aromatic heterocycles. The lowest BCUT2D eigenvalue weighted by Crippen LogP contribution is -2.36. The molecule has 1 atom stereocenters. The van der Waals surface area contributed by atoms with Gasteiger partial charge in [0.15, 0.2) is 0 Å². The summed E-state index contributed by atoms with van der Waals surface area (Å²) in [7, 11) is 0. The second kappa shape index (κ2) is 11.9. The summed E-state index contributed by atoms with van der Waals surface area (Å²) < 4.78 is 2.14. The molecule has 0 radical (unpaired) electrons. The summed E-state index contributed by atoms with van der Waals surface area (Å²) in [6.45, 7) is 0.878. The molecule has 6 nitrogen and oxygen atoms in total. The Kier molecular flexibility index (Phi) is 9.60. The summed E-state index contributed by atoms with van der Waals surface area (Å²) in [6, 6.07) is 13.7. The van der Waals surface area contributed by atoms with Crippen LogP contribution in [0.5, 0.6) is 0 Å². The minimum atomic E-state index is -1.75. The highest BCUT2D eigenvalue weighted by Gasteiger charge is 2.18. The molecule has 0 fully saturated rings. The third kappa shape index (κ3) is 8.53. The first-order valence-electron chi connectivity index (χ1n) is 8.53. The van der Waals surface area contributed by atoms with E-state index in [9.17, 15) is 0 Å².